The van der Waals surface area contributed by atoms with E-state index in [9.17, 15) is 0 Å². The van der Waals surface area contributed by atoms with Crippen LogP contribution in [0.2, 0.25) is 0 Å². The molecule has 126 valence electrons. The summed E-state index contributed by atoms with van der Waals surface area (Å²) >= 11 is 0. The monoisotopic (exact) mass is 322 g/mol. The third-order valence-corrected chi connectivity index (χ3v) is 5.95. The second kappa shape index (κ2) is 8.31. The molecule has 0 N–H and O–H groups in total. The van der Waals surface area contributed by atoms with Crippen molar-refractivity contribution >= 4 is 16.6 Å². The molecular weight excluding hydrogens is 288 g/mol. The Labute approximate surface area is 140 Å². The molecule has 0 radical (unpaired) electrons. The van der Waals surface area contributed by atoms with E-state index in [1.165, 1.54) is 18.4 Å². The molecule has 22 heavy (non-hydrogen) atoms. The van der Waals surface area contributed by atoms with Crippen molar-refractivity contribution in [1.29, 1.82) is 0 Å². The maximum absolute atomic E-state index is 5.91. The van der Waals surface area contributed by atoms with Crippen molar-refractivity contribution in [3.8, 4) is 0 Å². The summed E-state index contributed by atoms with van der Waals surface area (Å²) < 4.78 is 6.06. The van der Waals surface area contributed by atoms with Gasteiger partial charge in [-0.25, -0.2) is 0 Å². The highest BCUT2D eigenvalue weighted by atomic mass is 32.2. The molecule has 1 aromatic rings. The van der Waals surface area contributed by atoms with Crippen molar-refractivity contribution < 1.29 is 4.18 Å². The lowest BCUT2D eigenvalue weighted by Gasteiger charge is -2.29. The average Bonchev–Trinajstić information content (AvgIpc) is 2.42. The SMILES string of the molecule is C=S(OCCCC(C)(C)CC(C)c1ccccc1)C(C)(C)C. The van der Waals surface area contributed by atoms with Crippen LogP contribution in [0.1, 0.15) is 72.3 Å². The van der Waals surface area contributed by atoms with Gasteiger partial charge < -0.3 is 4.18 Å². The average molecular weight is 323 g/mol. The van der Waals surface area contributed by atoms with E-state index >= 15 is 0 Å². The molecule has 2 atom stereocenters. The van der Waals surface area contributed by atoms with Crippen LogP contribution in [0.3, 0.4) is 0 Å². The Hall–Kier alpha value is -0.600. The maximum atomic E-state index is 5.91. The van der Waals surface area contributed by atoms with Crippen LogP contribution in [0.25, 0.3) is 0 Å². The van der Waals surface area contributed by atoms with E-state index in [4.69, 9.17) is 4.18 Å². The van der Waals surface area contributed by atoms with Gasteiger partial charge in [-0.3, -0.25) is 0 Å². The summed E-state index contributed by atoms with van der Waals surface area (Å²) in [5.74, 6) is 4.74. The number of hydrogen-bond donors (Lipinski definition) is 0. The molecule has 1 nitrogen and oxygen atoms in total. The summed E-state index contributed by atoms with van der Waals surface area (Å²) in [6, 6.07) is 10.8. The third kappa shape index (κ3) is 7.11. The van der Waals surface area contributed by atoms with E-state index in [0.29, 0.717) is 11.3 Å². The standard InChI is InChI=1S/C20H34OS/c1-17(18-12-9-8-10-13-18)16-20(5,6)14-11-15-21-22(7)19(2,3)4/h8-10,12-13,17H,7,11,14-16H2,1-6H3. The fourth-order valence-electron chi connectivity index (χ4n) is 2.72. The van der Waals surface area contributed by atoms with Gasteiger partial charge in [0.15, 0.2) is 0 Å². The molecule has 0 aliphatic heterocycles. The zero-order chi connectivity index (χ0) is 16.8. The van der Waals surface area contributed by atoms with Crippen molar-refractivity contribution in [1.82, 2.24) is 0 Å². The van der Waals surface area contributed by atoms with E-state index in [1.807, 2.05) is 0 Å². The minimum absolute atomic E-state index is 0.150. The van der Waals surface area contributed by atoms with Crippen molar-refractivity contribution in [2.75, 3.05) is 6.61 Å². The summed E-state index contributed by atoms with van der Waals surface area (Å²) in [7, 11) is -0.206. The number of hydrogen-bond acceptors (Lipinski definition) is 1. The molecule has 2 unspecified atom stereocenters. The topological polar surface area (TPSA) is 9.23 Å². The van der Waals surface area contributed by atoms with Crippen molar-refractivity contribution in [3.63, 3.8) is 0 Å². The Balaban J connectivity index is 2.36. The first-order chi connectivity index (χ1) is 10.1. The van der Waals surface area contributed by atoms with E-state index in [0.717, 1.165) is 13.0 Å². The minimum atomic E-state index is -0.206. The Bertz CT molecular complexity index is 456. The van der Waals surface area contributed by atoms with Crippen LogP contribution in [0.5, 0.6) is 0 Å². The predicted octanol–water partition coefficient (Wildman–Crippen LogP) is 6.42. The van der Waals surface area contributed by atoms with Crippen LogP contribution in [0, 0.1) is 5.41 Å². The summed E-state index contributed by atoms with van der Waals surface area (Å²) in [6.07, 6.45) is 3.53. The molecule has 0 fully saturated rings. The van der Waals surface area contributed by atoms with E-state index in [1.54, 1.807) is 0 Å². The highest BCUT2D eigenvalue weighted by Crippen LogP contribution is 2.36. The van der Waals surface area contributed by atoms with Gasteiger partial charge in [0.2, 0.25) is 0 Å². The Kier molecular flexibility index (Phi) is 7.34. The van der Waals surface area contributed by atoms with Crippen LogP contribution < -0.4 is 0 Å². The van der Waals surface area contributed by atoms with Crippen LogP contribution >= 0.6 is 10.8 Å². The second-order valence-electron chi connectivity index (χ2n) is 8.06. The van der Waals surface area contributed by atoms with Crippen LogP contribution in [0.4, 0.5) is 0 Å². The van der Waals surface area contributed by atoms with Crippen molar-refractivity contribution in [2.45, 2.75) is 71.5 Å². The normalized spacial score (nSPS) is 15.5. The van der Waals surface area contributed by atoms with Gasteiger partial charge in [-0.1, -0.05) is 61.9 Å². The maximum Gasteiger partial charge on any atom is 0.0607 e. The van der Waals surface area contributed by atoms with E-state index < -0.39 is 0 Å². The van der Waals surface area contributed by atoms with Gasteiger partial charge >= 0.3 is 0 Å². The predicted molar refractivity (Wildman–Crippen MR) is 103 cm³/mol. The molecule has 0 spiro atoms. The number of benzene rings is 1. The first kappa shape index (κ1) is 19.4. The van der Waals surface area contributed by atoms with Gasteiger partial charge in [-0.05, 0) is 62.8 Å². The first-order valence-electron chi connectivity index (χ1n) is 8.34. The van der Waals surface area contributed by atoms with E-state index in [2.05, 4.69) is 77.7 Å². The molecule has 1 rings (SSSR count). The summed E-state index contributed by atoms with van der Waals surface area (Å²) in [5, 5.41) is 0. The van der Waals surface area contributed by atoms with Crippen LogP contribution in [-0.2, 0) is 4.18 Å². The Morgan fingerprint density at radius 2 is 1.68 bits per heavy atom. The lowest BCUT2D eigenvalue weighted by molar-refractivity contribution is 0.249. The highest BCUT2D eigenvalue weighted by molar-refractivity contribution is 8.11. The molecular formula is C20H34OS. The van der Waals surface area contributed by atoms with Gasteiger partial charge in [0.25, 0.3) is 0 Å². The zero-order valence-corrected chi connectivity index (χ0v) is 16.1. The minimum Gasteiger partial charge on any atom is -0.323 e. The van der Waals surface area contributed by atoms with E-state index in [-0.39, 0.29) is 15.5 Å². The molecule has 0 saturated carbocycles. The fraction of sp³-hybridized carbons (Fsp3) is 0.650. The first-order valence-corrected chi connectivity index (χ1v) is 9.66. The zero-order valence-electron chi connectivity index (χ0n) is 15.3. The molecule has 0 aliphatic rings. The molecule has 0 heterocycles. The summed E-state index contributed by atoms with van der Waals surface area (Å²) in [4.78, 5) is 0. The van der Waals surface area contributed by atoms with Crippen LogP contribution in [0.15, 0.2) is 30.3 Å². The molecule has 0 aromatic heterocycles. The highest BCUT2D eigenvalue weighted by Gasteiger charge is 2.22. The molecule has 2 heteroatoms. The van der Waals surface area contributed by atoms with Gasteiger partial charge in [-0.2, -0.15) is 0 Å². The van der Waals surface area contributed by atoms with Crippen molar-refractivity contribution in [2.24, 2.45) is 5.41 Å². The second-order valence-corrected chi connectivity index (χ2v) is 10.2. The van der Waals surface area contributed by atoms with Gasteiger partial charge in [0, 0.05) is 4.75 Å². The largest absolute Gasteiger partial charge is 0.323 e. The number of rotatable bonds is 8. The molecule has 0 bridgehead atoms. The summed E-state index contributed by atoms with van der Waals surface area (Å²) in [5.41, 5.74) is 1.79. The lowest BCUT2D eigenvalue weighted by atomic mass is 9.78. The molecule has 1 aromatic carbocycles. The lowest BCUT2D eigenvalue weighted by Crippen LogP contribution is -2.16. The molecule has 0 saturated heterocycles. The van der Waals surface area contributed by atoms with Gasteiger partial charge in [0.05, 0.1) is 6.61 Å². The van der Waals surface area contributed by atoms with Crippen molar-refractivity contribution in [3.05, 3.63) is 35.9 Å². The smallest absolute Gasteiger partial charge is 0.0607 e. The molecule has 0 amide bonds. The fourth-order valence-corrected chi connectivity index (χ4v) is 3.39. The van der Waals surface area contributed by atoms with Gasteiger partial charge in [-0.15, -0.1) is 0 Å². The molecule has 0 aliphatic carbocycles. The van der Waals surface area contributed by atoms with Crippen LogP contribution in [-0.4, -0.2) is 17.2 Å². The quantitative estimate of drug-likeness (QED) is 0.396. The van der Waals surface area contributed by atoms with Gasteiger partial charge in [0.1, 0.15) is 0 Å². The Morgan fingerprint density at radius 1 is 1.09 bits per heavy atom. The Morgan fingerprint density at radius 3 is 2.23 bits per heavy atom. The third-order valence-electron chi connectivity index (χ3n) is 4.13. The summed E-state index contributed by atoms with van der Waals surface area (Å²) in [6.45, 7) is 14.5.